The van der Waals surface area contributed by atoms with Crippen LogP contribution < -0.4 is 14.4 Å². The number of pyridine rings is 1. The summed E-state index contributed by atoms with van der Waals surface area (Å²) in [7, 11) is 0. The van der Waals surface area contributed by atoms with Crippen LogP contribution >= 0.6 is 0 Å². The van der Waals surface area contributed by atoms with E-state index in [4.69, 9.17) is 0 Å². The van der Waals surface area contributed by atoms with Crippen molar-refractivity contribution in [2.75, 3.05) is 36.0 Å². The molecule has 0 aliphatic carbocycles. The second-order valence-corrected chi connectivity index (χ2v) is 8.78. The minimum absolute atomic E-state index is 1.02. The van der Waals surface area contributed by atoms with Crippen molar-refractivity contribution in [2.24, 2.45) is 0 Å². The number of nitrogens with zero attached hydrogens (tertiary/aromatic N) is 3. The van der Waals surface area contributed by atoms with E-state index in [1.165, 1.54) is 50.2 Å². The number of aromatic nitrogens is 1. The predicted molar refractivity (Wildman–Crippen MR) is 145 cm³/mol. The van der Waals surface area contributed by atoms with E-state index in [1.54, 1.807) is 0 Å². The molecule has 5 rings (SSSR count). The zero-order chi connectivity index (χ0) is 23.7. The molecule has 0 fully saturated rings. The third-order valence-corrected chi connectivity index (χ3v) is 7.12. The quantitative estimate of drug-likeness (QED) is 0.248. The number of hydrogen-bond acceptors (Lipinski definition) is 2. The molecule has 0 saturated heterocycles. The lowest BCUT2D eigenvalue weighted by molar-refractivity contribution is -0.547. The lowest BCUT2D eigenvalue weighted by Crippen LogP contribution is -2.31. The third kappa shape index (κ3) is 3.66. The molecule has 0 saturated carbocycles. The summed E-state index contributed by atoms with van der Waals surface area (Å²) in [6, 6.07) is 29.2. The largest absolute Gasteiger partial charge is 0.372 e. The van der Waals surface area contributed by atoms with Crippen LogP contribution in [0.25, 0.3) is 22.2 Å². The maximum Gasteiger partial charge on any atom is 0.227 e. The molecular formula is C31H34N3+. The molecular weight excluding hydrogens is 414 g/mol. The average Bonchev–Trinajstić information content (AvgIpc) is 3.22. The molecule has 0 unspecified atom stereocenters. The van der Waals surface area contributed by atoms with Crippen LogP contribution in [-0.4, -0.2) is 26.2 Å². The molecule has 3 heteroatoms. The Morgan fingerprint density at radius 3 is 1.68 bits per heavy atom. The van der Waals surface area contributed by atoms with E-state index in [9.17, 15) is 0 Å². The molecule has 2 heterocycles. The van der Waals surface area contributed by atoms with Crippen molar-refractivity contribution in [3.8, 4) is 0 Å². The number of benzene rings is 3. The van der Waals surface area contributed by atoms with Gasteiger partial charge in [-0.1, -0.05) is 18.2 Å². The van der Waals surface area contributed by atoms with Gasteiger partial charge in [0.15, 0.2) is 6.20 Å². The summed E-state index contributed by atoms with van der Waals surface area (Å²) >= 11 is 0. The molecule has 0 N–H and O–H groups in total. The SMILES string of the molecule is CCN(CC)c1ccc(C2=C(c3ccc(N(CC)CC)cc3)[n+]3cccc4cccc2c43)cc1. The van der Waals surface area contributed by atoms with Gasteiger partial charge in [0.05, 0.1) is 11.1 Å². The Bertz CT molecular complexity index is 1230. The van der Waals surface area contributed by atoms with Crippen molar-refractivity contribution in [3.63, 3.8) is 0 Å². The fourth-order valence-corrected chi connectivity index (χ4v) is 5.33. The zero-order valence-corrected chi connectivity index (χ0v) is 20.8. The minimum atomic E-state index is 1.02. The molecule has 1 aliphatic heterocycles. The molecule has 0 bridgehead atoms. The van der Waals surface area contributed by atoms with Crippen molar-refractivity contribution in [3.05, 3.63) is 102 Å². The highest BCUT2D eigenvalue weighted by molar-refractivity contribution is 6.06. The van der Waals surface area contributed by atoms with Crippen LogP contribution in [-0.2, 0) is 0 Å². The highest BCUT2D eigenvalue weighted by Gasteiger charge is 2.34. The predicted octanol–water partition coefficient (Wildman–Crippen LogP) is 6.60. The Labute approximate surface area is 203 Å². The van der Waals surface area contributed by atoms with Crippen LogP contribution in [0.4, 0.5) is 11.4 Å². The summed E-state index contributed by atoms with van der Waals surface area (Å²) in [6.07, 6.45) is 2.21. The van der Waals surface area contributed by atoms with Gasteiger partial charge in [0.1, 0.15) is 0 Å². The lowest BCUT2D eigenvalue weighted by Gasteiger charge is -2.21. The molecule has 1 aromatic heterocycles. The monoisotopic (exact) mass is 448 g/mol. The smallest absolute Gasteiger partial charge is 0.227 e. The van der Waals surface area contributed by atoms with Crippen LogP contribution in [0.1, 0.15) is 44.4 Å². The first kappa shape index (κ1) is 22.2. The molecule has 0 amide bonds. The van der Waals surface area contributed by atoms with Crippen molar-refractivity contribution in [2.45, 2.75) is 27.7 Å². The molecule has 0 spiro atoms. The summed E-state index contributed by atoms with van der Waals surface area (Å²) in [6.45, 7) is 12.9. The van der Waals surface area contributed by atoms with Crippen LogP contribution in [0.15, 0.2) is 85.1 Å². The van der Waals surface area contributed by atoms with E-state index < -0.39 is 0 Å². The van der Waals surface area contributed by atoms with Gasteiger partial charge in [-0.05, 0) is 87.9 Å². The van der Waals surface area contributed by atoms with Gasteiger partial charge in [0.25, 0.3) is 0 Å². The molecule has 1 aliphatic rings. The fourth-order valence-electron chi connectivity index (χ4n) is 5.33. The standard InChI is InChI=1S/C31H34N3/c1-5-32(6-2)26-18-14-23(15-19-26)29-28-13-9-11-24-12-10-22-34(30(24)28)31(29)25-16-20-27(21-17-25)33(7-3)8-4/h9-22H,5-8H2,1-4H3/q+1. The normalized spacial score (nSPS) is 12.5. The maximum atomic E-state index is 2.39. The Kier molecular flexibility index (Phi) is 6.10. The van der Waals surface area contributed by atoms with Gasteiger partial charge in [-0.3, -0.25) is 0 Å². The van der Waals surface area contributed by atoms with Gasteiger partial charge in [-0.25, -0.2) is 0 Å². The Morgan fingerprint density at radius 1 is 0.588 bits per heavy atom. The summed E-state index contributed by atoms with van der Waals surface area (Å²) in [5, 5.41) is 1.27. The average molecular weight is 449 g/mol. The van der Waals surface area contributed by atoms with Gasteiger partial charge in [-0.2, -0.15) is 4.57 Å². The Balaban J connectivity index is 1.69. The van der Waals surface area contributed by atoms with Crippen molar-refractivity contribution >= 4 is 33.5 Å². The second kappa shape index (κ2) is 9.34. The van der Waals surface area contributed by atoms with Gasteiger partial charge < -0.3 is 9.80 Å². The number of hydrogen-bond donors (Lipinski definition) is 0. The minimum Gasteiger partial charge on any atom is -0.372 e. The highest BCUT2D eigenvalue weighted by atomic mass is 15.1. The first-order valence-electron chi connectivity index (χ1n) is 12.6. The summed E-state index contributed by atoms with van der Waals surface area (Å²) in [4.78, 5) is 4.78. The second-order valence-electron chi connectivity index (χ2n) is 8.78. The van der Waals surface area contributed by atoms with Gasteiger partial charge in [0, 0.05) is 54.6 Å². The van der Waals surface area contributed by atoms with E-state index in [0.29, 0.717) is 0 Å². The van der Waals surface area contributed by atoms with Gasteiger partial charge in [0.2, 0.25) is 11.2 Å². The topological polar surface area (TPSA) is 10.4 Å². The molecule has 172 valence electrons. The van der Waals surface area contributed by atoms with E-state index >= 15 is 0 Å². The van der Waals surface area contributed by atoms with Gasteiger partial charge in [-0.15, -0.1) is 0 Å². The molecule has 0 radical (unpaired) electrons. The molecule has 3 aromatic carbocycles. The van der Waals surface area contributed by atoms with Gasteiger partial charge >= 0.3 is 0 Å². The van der Waals surface area contributed by atoms with Crippen molar-refractivity contribution < 1.29 is 4.57 Å². The Morgan fingerprint density at radius 2 is 1.12 bits per heavy atom. The summed E-state index contributed by atoms with van der Waals surface area (Å²) in [5.41, 5.74) is 10.2. The number of para-hydroxylation sites is 1. The molecule has 4 aromatic rings. The van der Waals surface area contributed by atoms with Crippen molar-refractivity contribution in [1.82, 2.24) is 0 Å². The van der Waals surface area contributed by atoms with E-state index in [1.807, 2.05) is 0 Å². The molecule has 3 nitrogen and oxygen atoms in total. The summed E-state index contributed by atoms with van der Waals surface area (Å²) < 4.78 is 2.38. The van der Waals surface area contributed by atoms with Crippen LogP contribution in [0.2, 0.25) is 0 Å². The lowest BCUT2D eigenvalue weighted by atomic mass is 9.94. The van der Waals surface area contributed by atoms with Crippen molar-refractivity contribution in [1.29, 1.82) is 0 Å². The maximum absolute atomic E-state index is 2.39. The van der Waals surface area contributed by atoms with E-state index in [2.05, 4.69) is 127 Å². The van der Waals surface area contributed by atoms with E-state index in [-0.39, 0.29) is 0 Å². The van der Waals surface area contributed by atoms with Crippen LogP contribution in [0.3, 0.4) is 0 Å². The Hall–Kier alpha value is -3.59. The zero-order valence-electron chi connectivity index (χ0n) is 20.8. The summed E-state index contributed by atoms with van der Waals surface area (Å²) in [5.74, 6) is 0. The number of anilines is 2. The first-order chi connectivity index (χ1) is 16.7. The first-order valence-corrected chi connectivity index (χ1v) is 12.6. The molecule has 0 atom stereocenters. The number of rotatable bonds is 8. The molecule has 34 heavy (non-hydrogen) atoms. The highest BCUT2D eigenvalue weighted by Crippen LogP contribution is 2.39. The fraction of sp³-hybridized carbons (Fsp3) is 0.258. The van der Waals surface area contributed by atoms with Crippen LogP contribution in [0.5, 0.6) is 0 Å². The van der Waals surface area contributed by atoms with Crippen LogP contribution in [0, 0.1) is 0 Å². The van der Waals surface area contributed by atoms with E-state index in [0.717, 1.165) is 26.2 Å². The third-order valence-electron chi connectivity index (χ3n) is 7.12.